The monoisotopic (exact) mass is 487 g/mol. The smallest absolute Gasteiger partial charge is 0.363 e. The Bertz CT molecular complexity index is 1220. The number of hydrogen-bond donors (Lipinski definition) is 1. The van der Waals surface area contributed by atoms with Crippen molar-refractivity contribution in [2.45, 2.75) is 44.6 Å². The third-order valence-electron chi connectivity index (χ3n) is 8.34. The van der Waals surface area contributed by atoms with Crippen molar-refractivity contribution < 1.29 is 14.1 Å². The molecule has 3 atom stereocenters. The van der Waals surface area contributed by atoms with Gasteiger partial charge < -0.3 is 15.4 Å². The molecule has 1 amide bonds. The summed E-state index contributed by atoms with van der Waals surface area (Å²) in [5, 5.41) is 4.77. The number of allylic oxidation sites excluding steroid dienone is 8. The normalized spacial score (nSPS) is 32.9. The van der Waals surface area contributed by atoms with Crippen LogP contribution >= 0.6 is 0 Å². The molecule has 8 heteroatoms. The van der Waals surface area contributed by atoms with Gasteiger partial charge in [-0.3, -0.25) is 4.79 Å². The third kappa shape index (κ3) is 3.97. The standard InChI is InChI=1S/C28H35N6O2/c1-19-17-21(28(29)11-6-12-28)9-10-22(19)24-23(20-7-4-3-5-8-20)18-34(2)27(30-24)31-25(32-34)26(35)33-13-15-36-16-14-33/h3-5,7,9-10,18-20H,6,8,11-17,29H2,1-2H3/q+1. The molecule has 0 spiro atoms. The minimum Gasteiger partial charge on any atom is -0.378 e. The molecule has 0 aromatic carbocycles. The molecular weight excluding hydrogens is 452 g/mol. The van der Waals surface area contributed by atoms with E-state index in [0.29, 0.717) is 38.2 Å². The number of quaternary nitrogens is 1. The van der Waals surface area contributed by atoms with Crippen molar-refractivity contribution in [3.8, 4) is 0 Å². The maximum atomic E-state index is 13.2. The lowest BCUT2D eigenvalue weighted by atomic mass is 9.67. The molecule has 3 unspecified atom stereocenters. The van der Waals surface area contributed by atoms with Gasteiger partial charge in [-0.15, -0.1) is 9.58 Å². The van der Waals surface area contributed by atoms with Gasteiger partial charge in [0.1, 0.15) is 13.2 Å². The number of amides is 1. The number of carbonyl (C=O) groups is 1. The van der Waals surface area contributed by atoms with Gasteiger partial charge in [0.25, 0.3) is 11.7 Å². The second-order valence-electron chi connectivity index (χ2n) is 10.9. The summed E-state index contributed by atoms with van der Waals surface area (Å²) in [4.78, 5) is 24.7. The minimum atomic E-state index is -0.154. The fourth-order valence-electron chi connectivity index (χ4n) is 5.90. The van der Waals surface area contributed by atoms with Crippen LogP contribution in [0.15, 0.2) is 74.5 Å². The van der Waals surface area contributed by atoms with Crippen molar-refractivity contribution in [1.29, 1.82) is 0 Å². The number of nitrogens with two attached hydrogens (primary N) is 1. The third-order valence-corrected chi connectivity index (χ3v) is 8.34. The van der Waals surface area contributed by atoms with Crippen LogP contribution in [0.2, 0.25) is 0 Å². The van der Waals surface area contributed by atoms with Gasteiger partial charge in [0.2, 0.25) is 0 Å². The summed E-state index contributed by atoms with van der Waals surface area (Å²) in [6.45, 7) is 4.47. The summed E-state index contributed by atoms with van der Waals surface area (Å²) >= 11 is 0. The van der Waals surface area contributed by atoms with Gasteiger partial charge in [0, 0.05) is 30.1 Å². The van der Waals surface area contributed by atoms with Crippen LogP contribution in [-0.4, -0.2) is 71.8 Å². The number of nitrogens with zero attached hydrogens (tertiary/aromatic N) is 5. The highest BCUT2D eigenvalue weighted by Crippen LogP contribution is 2.43. The molecule has 0 bridgehead atoms. The predicted octanol–water partition coefficient (Wildman–Crippen LogP) is 3.22. The van der Waals surface area contributed by atoms with Gasteiger partial charge in [-0.1, -0.05) is 43.4 Å². The quantitative estimate of drug-likeness (QED) is 0.617. The molecule has 1 saturated heterocycles. The molecule has 6 aliphatic rings. The number of guanidine groups is 1. The molecule has 36 heavy (non-hydrogen) atoms. The van der Waals surface area contributed by atoms with Crippen LogP contribution in [0.5, 0.6) is 0 Å². The Labute approximate surface area is 212 Å². The van der Waals surface area contributed by atoms with Crippen molar-refractivity contribution in [1.82, 2.24) is 4.90 Å². The molecule has 6 rings (SSSR count). The maximum Gasteiger partial charge on any atom is 0.363 e. The van der Waals surface area contributed by atoms with E-state index < -0.39 is 0 Å². The van der Waals surface area contributed by atoms with E-state index >= 15 is 0 Å². The molecule has 3 aliphatic heterocycles. The first-order chi connectivity index (χ1) is 17.4. The number of carbonyl (C=O) groups excluding carboxylic acids is 1. The molecule has 2 N–H and O–H groups in total. The van der Waals surface area contributed by atoms with Crippen molar-refractivity contribution in [3.63, 3.8) is 0 Å². The van der Waals surface area contributed by atoms with Gasteiger partial charge in [-0.05, 0) is 54.3 Å². The van der Waals surface area contributed by atoms with Crippen molar-refractivity contribution in [2.75, 3.05) is 33.4 Å². The van der Waals surface area contributed by atoms with Crippen LogP contribution in [0, 0.1) is 11.8 Å². The van der Waals surface area contributed by atoms with E-state index in [-0.39, 0.29) is 27.8 Å². The zero-order valence-corrected chi connectivity index (χ0v) is 21.2. The summed E-state index contributed by atoms with van der Waals surface area (Å²) in [6, 6.07) is 0. The molecule has 188 valence electrons. The lowest BCUT2D eigenvalue weighted by Crippen LogP contribution is -2.49. The Kier molecular flexibility index (Phi) is 5.78. The Morgan fingerprint density at radius 3 is 2.64 bits per heavy atom. The average Bonchev–Trinajstić information content (AvgIpc) is 3.23. The fourth-order valence-corrected chi connectivity index (χ4v) is 5.90. The number of rotatable bonds is 4. The molecule has 1 saturated carbocycles. The van der Waals surface area contributed by atoms with Crippen molar-refractivity contribution >= 4 is 23.4 Å². The number of amidine groups is 1. The van der Waals surface area contributed by atoms with E-state index in [1.54, 1.807) is 4.90 Å². The van der Waals surface area contributed by atoms with Crippen LogP contribution in [0.4, 0.5) is 0 Å². The number of morpholine rings is 1. The summed E-state index contributed by atoms with van der Waals surface area (Å²) in [6.07, 6.45) is 20.4. The van der Waals surface area contributed by atoms with Gasteiger partial charge in [0.15, 0.2) is 0 Å². The first-order valence-corrected chi connectivity index (χ1v) is 13.1. The topological polar surface area (TPSA) is 92.6 Å². The summed E-state index contributed by atoms with van der Waals surface area (Å²) in [5.41, 5.74) is 11.2. The summed E-state index contributed by atoms with van der Waals surface area (Å²) < 4.78 is 5.47. The molecular formula is C28H35N6O2+. The summed E-state index contributed by atoms with van der Waals surface area (Å²) in [7, 11) is 1.95. The lowest BCUT2D eigenvalue weighted by Gasteiger charge is -2.43. The number of ether oxygens (including phenoxy) is 1. The Morgan fingerprint density at radius 1 is 1.17 bits per heavy atom. The predicted molar refractivity (Wildman–Crippen MR) is 141 cm³/mol. The van der Waals surface area contributed by atoms with E-state index in [2.05, 4.69) is 54.6 Å². The van der Waals surface area contributed by atoms with Crippen LogP contribution < -0.4 is 5.73 Å². The number of aliphatic imine (C=N–C) groups is 2. The SMILES string of the molecule is CC1CC(C2(N)CCC2)=CC=C1C1=NC2=NC(C(=O)N3CCOCC3)=N[N+]2(C)C=C1C1C=CC=CC1. The van der Waals surface area contributed by atoms with Crippen molar-refractivity contribution in [3.05, 3.63) is 59.4 Å². The zero-order valence-electron chi connectivity index (χ0n) is 21.2. The zero-order chi connectivity index (χ0) is 24.9. The van der Waals surface area contributed by atoms with Crippen LogP contribution in [-0.2, 0) is 9.53 Å². The molecule has 0 aromatic rings. The molecule has 0 aromatic heterocycles. The van der Waals surface area contributed by atoms with Crippen LogP contribution in [0.3, 0.4) is 0 Å². The molecule has 8 nitrogen and oxygen atoms in total. The van der Waals surface area contributed by atoms with Crippen molar-refractivity contribution in [2.24, 2.45) is 32.7 Å². The van der Waals surface area contributed by atoms with Gasteiger partial charge in [0.05, 0.1) is 18.9 Å². The number of hydrogen-bond acceptors (Lipinski definition) is 6. The Morgan fingerprint density at radius 2 is 1.97 bits per heavy atom. The number of fused-ring (bicyclic) bond motifs is 1. The highest BCUT2D eigenvalue weighted by Gasteiger charge is 2.45. The molecule has 2 fully saturated rings. The van der Waals surface area contributed by atoms with E-state index in [4.69, 9.17) is 20.6 Å². The first kappa shape index (κ1) is 23.5. The van der Waals surface area contributed by atoms with E-state index in [0.717, 1.165) is 37.0 Å². The minimum absolute atomic E-state index is 0.0625. The van der Waals surface area contributed by atoms with Gasteiger partial charge in [-0.25, -0.2) is 0 Å². The molecule has 3 heterocycles. The van der Waals surface area contributed by atoms with Crippen LogP contribution in [0.25, 0.3) is 0 Å². The van der Waals surface area contributed by atoms with E-state index in [1.165, 1.54) is 17.6 Å². The average molecular weight is 488 g/mol. The van der Waals surface area contributed by atoms with E-state index in [9.17, 15) is 4.79 Å². The van der Waals surface area contributed by atoms with Gasteiger partial charge >= 0.3 is 5.96 Å². The summed E-state index contributed by atoms with van der Waals surface area (Å²) in [5.74, 6) is 1.10. The fraction of sp³-hybridized carbons (Fsp3) is 0.500. The highest BCUT2D eigenvalue weighted by atomic mass is 16.5. The first-order valence-electron chi connectivity index (χ1n) is 13.1. The Balaban J connectivity index is 1.38. The molecule has 0 radical (unpaired) electrons. The van der Waals surface area contributed by atoms with Crippen LogP contribution in [0.1, 0.15) is 39.0 Å². The highest BCUT2D eigenvalue weighted by molar-refractivity contribution is 6.40. The largest absolute Gasteiger partial charge is 0.378 e. The second kappa shape index (κ2) is 8.87. The Hall–Kier alpha value is -2.94. The molecule has 3 aliphatic carbocycles. The van der Waals surface area contributed by atoms with E-state index in [1.807, 2.05) is 7.05 Å². The maximum absolute atomic E-state index is 13.2. The second-order valence-corrected chi connectivity index (χ2v) is 10.9. The van der Waals surface area contributed by atoms with Gasteiger partial charge in [-0.2, -0.15) is 4.99 Å². The lowest BCUT2D eigenvalue weighted by molar-refractivity contribution is -0.772.